The van der Waals surface area contributed by atoms with Gasteiger partial charge in [-0.2, -0.15) is 18.3 Å². The van der Waals surface area contributed by atoms with E-state index in [-0.39, 0.29) is 25.3 Å². The molecule has 29 heavy (non-hydrogen) atoms. The molecule has 0 aliphatic heterocycles. The monoisotopic (exact) mass is 401 g/mol. The SMILES string of the molecule is O=C(NCc1ncn[nH]1)c1cnc2cccc(C3=CCC(C(F)(F)F)CC3)c2c1. The number of pyridine rings is 1. The van der Waals surface area contributed by atoms with Crippen LogP contribution < -0.4 is 5.32 Å². The molecule has 1 aromatic carbocycles. The fourth-order valence-corrected chi connectivity index (χ4v) is 3.51. The van der Waals surface area contributed by atoms with E-state index in [4.69, 9.17) is 0 Å². The predicted octanol–water partition coefficient (Wildman–Crippen LogP) is 4.03. The highest BCUT2D eigenvalue weighted by molar-refractivity contribution is 6.00. The summed E-state index contributed by atoms with van der Waals surface area (Å²) in [5, 5.41) is 9.86. The number of nitrogens with zero attached hydrogens (tertiary/aromatic N) is 3. The van der Waals surface area contributed by atoms with Crippen molar-refractivity contribution in [3.63, 3.8) is 0 Å². The Morgan fingerprint density at radius 1 is 1.28 bits per heavy atom. The zero-order chi connectivity index (χ0) is 20.4. The van der Waals surface area contributed by atoms with Crippen molar-refractivity contribution in [1.29, 1.82) is 0 Å². The van der Waals surface area contributed by atoms with E-state index in [2.05, 4.69) is 25.5 Å². The number of nitrogens with one attached hydrogen (secondary N) is 2. The first-order valence-electron chi connectivity index (χ1n) is 9.19. The largest absolute Gasteiger partial charge is 0.392 e. The number of carbonyl (C=O) groups is 1. The molecule has 4 rings (SSSR count). The van der Waals surface area contributed by atoms with E-state index < -0.39 is 12.1 Å². The molecule has 0 saturated heterocycles. The highest BCUT2D eigenvalue weighted by atomic mass is 19.4. The summed E-state index contributed by atoms with van der Waals surface area (Å²) in [7, 11) is 0. The molecule has 1 aliphatic carbocycles. The Morgan fingerprint density at radius 2 is 2.14 bits per heavy atom. The van der Waals surface area contributed by atoms with Gasteiger partial charge in [0.15, 0.2) is 0 Å². The quantitative estimate of drug-likeness (QED) is 0.692. The lowest BCUT2D eigenvalue weighted by Gasteiger charge is -2.24. The lowest BCUT2D eigenvalue weighted by Crippen LogP contribution is -2.24. The number of amides is 1. The number of carbonyl (C=O) groups excluding carboxylic acids is 1. The second-order valence-corrected chi connectivity index (χ2v) is 6.95. The molecule has 0 fully saturated rings. The molecule has 1 unspecified atom stereocenters. The molecule has 1 atom stereocenters. The Hall–Kier alpha value is -3.23. The number of rotatable bonds is 4. The molecule has 3 aromatic rings. The number of H-pyrrole nitrogens is 1. The summed E-state index contributed by atoms with van der Waals surface area (Å²) in [6.45, 7) is 0.197. The Labute approximate surface area is 164 Å². The number of halogens is 3. The molecule has 0 bridgehead atoms. The Kier molecular flexibility index (Phi) is 5.04. The molecule has 150 valence electrons. The number of benzene rings is 1. The van der Waals surface area contributed by atoms with Crippen LogP contribution >= 0.6 is 0 Å². The minimum atomic E-state index is -4.17. The van der Waals surface area contributed by atoms with Crippen LogP contribution in [0.4, 0.5) is 13.2 Å². The minimum absolute atomic E-state index is 0.0278. The van der Waals surface area contributed by atoms with Gasteiger partial charge in [-0.3, -0.25) is 14.9 Å². The number of fused-ring (bicyclic) bond motifs is 1. The summed E-state index contributed by atoms with van der Waals surface area (Å²) in [6.07, 6.45) is 0.704. The van der Waals surface area contributed by atoms with Crippen LogP contribution in [0, 0.1) is 5.92 Å². The fourth-order valence-electron chi connectivity index (χ4n) is 3.51. The van der Waals surface area contributed by atoms with Crippen LogP contribution in [0.3, 0.4) is 0 Å². The van der Waals surface area contributed by atoms with Crippen molar-refractivity contribution in [1.82, 2.24) is 25.5 Å². The summed E-state index contributed by atoms with van der Waals surface area (Å²) in [5.41, 5.74) is 2.74. The molecular formula is C20H18F3N5O. The summed E-state index contributed by atoms with van der Waals surface area (Å²) in [6, 6.07) is 7.23. The highest BCUT2D eigenvalue weighted by Gasteiger charge is 2.39. The van der Waals surface area contributed by atoms with Crippen LogP contribution in [0.1, 0.15) is 41.0 Å². The second-order valence-electron chi connectivity index (χ2n) is 6.95. The van der Waals surface area contributed by atoms with Gasteiger partial charge in [0.1, 0.15) is 12.2 Å². The molecule has 1 amide bonds. The van der Waals surface area contributed by atoms with Crippen LogP contribution in [-0.2, 0) is 6.54 Å². The van der Waals surface area contributed by atoms with Crippen molar-refractivity contribution >= 4 is 22.4 Å². The molecule has 2 aromatic heterocycles. The van der Waals surface area contributed by atoms with E-state index in [0.29, 0.717) is 23.3 Å². The van der Waals surface area contributed by atoms with E-state index in [9.17, 15) is 18.0 Å². The van der Waals surface area contributed by atoms with E-state index in [0.717, 1.165) is 16.5 Å². The molecule has 1 aliphatic rings. The zero-order valence-corrected chi connectivity index (χ0v) is 15.3. The maximum absolute atomic E-state index is 12.9. The molecule has 6 nitrogen and oxygen atoms in total. The van der Waals surface area contributed by atoms with Crippen molar-refractivity contribution in [3.05, 3.63) is 59.8 Å². The zero-order valence-electron chi connectivity index (χ0n) is 15.3. The van der Waals surface area contributed by atoms with Crippen LogP contribution in [0.25, 0.3) is 16.5 Å². The second kappa shape index (κ2) is 7.65. The van der Waals surface area contributed by atoms with Crippen molar-refractivity contribution < 1.29 is 18.0 Å². The normalized spacial score (nSPS) is 17.2. The van der Waals surface area contributed by atoms with Crippen LogP contribution in [0.15, 0.2) is 42.9 Å². The van der Waals surface area contributed by atoms with Crippen LogP contribution in [0.2, 0.25) is 0 Å². The third-order valence-electron chi connectivity index (χ3n) is 5.09. The number of aromatic amines is 1. The van der Waals surface area contributed by atoms with Crippen molar-refractivity contribution in [3.8, 4) is 0 Å². The number of alkyl halides is 3. The van der Waals surface area contributed by atoms with Gasteiger partial charge in [0.05, 0.1) is 23.5 Å². The van der Waals surface area contributed by atoms with Gasteiger partial charge in [0.2, 0.25) is 0 Å². The average molecular weight is 401 g/mol. The molecule has 2 N–H and O–H groups in total. The first-order chi connectivity index (χ1) is 13.9. The third-order valence-corrected chi connectivity index (χ3v) is 5.09. The van der Waals surface area contributed by atoms with Gasteiger partial charge >= 0.3 is 6.18 Å². The average Bonchev–Trinajstić information content (AvgIpc) is 3.24. The number of allylic oxidation sites excluding steroid dienone is 2. The summed E-state index contributed by atoms with van der Waals surface area (Å²) >= 11 is 0. The fraction of sp³-hybridized carbons (Fsp3) is 0.300. The summed E-state index contributed by atoms with van der Waals surface area (Å²) in [4.78, 5) is 20.8. The first kappa shape index (κ1) is 19.1. The van der Waals surface area contributed by atoms with Crippen molar-refractivity contribution in [2.45, 2.75) is 32.0 Å². The highest BCUT2D eigenvalue weighted by Crippen LogP contribution is 2.40. The van der Waals surface area contributed by atoms with Crippen LogP contribution in [0.5, 0.6) is 0 Å². The van der Waals surface area contributed by atoms with Gasteiger partial charge in [-0.1, -0.05) is 18.2 Å². The number of hydrogen-bond donors (Lipinski definition) is 2. The number of hydrogen-bond acceptors (Lipinski definition) is 4. The van der Waals surface area contributed by atoms with Gasteiger partial charge in [-0.05, 0) is 42.5 Å². The molecular weight excluding hydrogens is 383 g/mol. The molecule has 0 spiro atoms. The first-order valence-corrected chi connectivity index (χ1v) is 9.19. The Balaban J connectivity index is 1.60. The van der Waals surface area contributed by atoms with E-state index in [1.807, 2.05) is 18.2 Å². The lowest BCUT2D eigenvalue weighted by atomic mass is 9.85. The molecule has 0 saturated carbocycles. The van der Waals surface area contributed by atoms with Gasteiger partial charge in [-0.25, -0.2) is 4.98 Å². The van der Waals surface area contributed by atoms with E-state index in [1.54, 1.807) is 12.1 Å². The standard InChI is InChI=1S/C20H18F3N5O/c21-20(22,23)14-6-4-12(5-7-14)15-2-1-3-17-16(15)8-13(9-24-17)19(29)25-10-18-26-11-27-28-18/h1-4,8-9,11,14H,5-7,10H2,(H,25,29)(H,26,27,28). The van der Waals surface area contributed by atoms with Crippen molar-refractivity contribution in [2.75, 3.05) is 0 Å². The maximum Gasteiger partial charge on any atom is 0.392 e. The van der Waals surface area contributed by atoms with Gasteiger partial charge in [0, 0.05) is 11.6 Å². The molecule has 2 heterocycles. The van der Waals surface area contributed by atoms with Gasteiger partial charge in [0.25, 0.3) is 5.91 Å². The smallest absolute Gasteiger partial charge is 0.345 e. The van der Waals surface area contributed by atoms with Crippen molar-refractivity contribution in [2.24, 2.45) is 5.92 Å². The Morgan fingerprint density at radius 3 is 2.83 bits per heavy atom. The Bertz CT molecular complexity index is 1060. The number of aromatic nitrogens is 4. The summed E-state index contributed by atoms with van der Waals surface area (Å²) < 4.78 is 38.8. The maximum atomic E-state index is 12.9. The topological polar surface area (TPSA) is 83.6 Å². The third kappa shape index (κ3) is 4.13. The molecule has 0 radical (unpaired) electrons. The lowest BCUT2D eigenvalue weighted by molar-refractivity contribution is -0.175. The van der Waals surface area contributed by atoms with Crippen LogP contribution in [-0.4, -0.2) is 32.2 Å². The van der Waals surface area contributed by atoms with Gasteiger partial charge in [-0.15, -0.1) is 0 Å². The van der Waals surface area contributed by atoms with Gasteiger partial charge < -0.3 is 5.32 Å². The minimum Gasteiger partial charge on any atom is -0.345 e. The predicted molar refractivity (Wildman–Crippen MR) is 101 cm³/mol. The van der Waals surface area contributed by atoms with E-state index >= 15 is 0 Å². The summed E-state index contributed by atoms with van der Waals surface area (Å²) in [5.74, 6) is -1.09. The van der Waals surface area contributed by atoms with E-state index in [1.165, 1.54) is 12.5 Å². The molecule has 9 heteroatoms.